The van der Waals surface area contributed by atoms with E-state index in [2.05, 4.69) is 18.8 Å². The van der Waals surface area contributed by atoms with Crippen molar-refractivity contribution >= 4 is 5.96 Å². The predicted octanol–water partition coefficient (Wildman–Crippen LogP) is 1.99. The molecule has 90 valence electrons. The molecule has 2 N–H and O–H groups in total. The maximum absolute atomic E-state index is 5.85. The zero-order chi connectivity index (χ0) is 12.1. The van der Waals surface area contributed by atoms with Crippen LogP contribution >= 0.6 is 0 Å². The highest BCUT2D eigenvalue weighted by atomic mass is 16.3. The second-order valence-corrected chi connectivity index (χ2v) is 4.46. The van der Waals surface area contributed by atoms with Crippen molar-refractivity contribution in [2.24, 2.45) is 16.6 Å². The van der Waals surface area contributed by atoms with Gasteiger partial charge in [-0.3, -0.25) is 4.99 Å². The molecule has 0 amide bonds. The normalized spacial score (nSPS) is 12.2. The summed E-state index contributed by atoms with van der Waals surface area (Å²) in [6.45, 7) is 7.58. The summed E-state index contributed by atoms with van der Waals surface area (Å²) >= 11 is 0. The summed E-state index contributed by atoms with van der Waals surface area (Å²) in [4.78, 5) is 6.19. The van der Waals surface area contributed by atoms with Crippen LogP contribution < -0.4 is 5.73 Å². The topological polar surface area (TPSA) is 54.8 Å². The molecule has 0 fully saturated rings. The van der Waals surface area contributed by atoms with Crippen molar-refractivity contribution < 1.29 is 4.42 Å². The maximum Gasteiger partial charge on any atom is 0.191 e. The third-order valence-corrected chi connectivity index (χ3v) is 2.20. The Morgan fingerprint density at radius 2 is 2.19 bits per heavy atom. The van der Waals surface area contributed by atoms with Gasteiger partial charge in [-0.05, 0) is 25.0 Å². The third kappa shape index (κ3) is 3.96. The fourth-order valence-electron chi connectivity index (χ4n) is 1.28. The SMILES string of the molecule is Cc1ccc(CN(C)C(N)=NCC(C)C)o1. The standard InChI is InChI=1S/C12H21N3O/c1-9(2)7-14-12(13)15(4)8-11-6-5-10(3)16-11/h5-6,9H,7-8H2,1-4H3,(H2,13,14). The van der Waals surface area contributed by atoms with Gasteiger partial charge in [0.25, 0.3) is 0 Å². The molecule has 1 aromatic rings. The highest BCUT2D eigenvalue weighted by molar-refractivity contribution is 5.77. The number of guanidine groups is 1. The van der Waals surface area contributed by atoms with Gasteiger partial charge in [-0.15, -0.1) is 0 Å². The van der Waals surface area contributed by atoms with Gasteiger partial charge in [0.1, 0.15) is 11.5 Å². The number of aliphatic imine (C=N–C) groups is 1. The van der Waals surface area contributed by atoms with Gasteiger partial charge in [0.2, 0.25) is 0 Å². The Balaban J connectivity index is 2.51. The molecule has 0 saturated heterocycles. The zero-order valence-corrected chi connectivity index (χ0v) is 10.5. The lowest BCUT2D eigenvalue weighted by Gasteiger charge is -2.16. The first-order chi connectivity index (χ1) is 7.49. The van der Waals surface area contributed by atoms with Gasteiger partial charge in [0.15, 0.2) is 5.96 Å². The molecule has 1 heterocycles. The number of nitrogens with two attached hydrogens (primary N) is 1. The summed E-state index contributed by atoms with van der Waals surface area (Å²) in [7, 11) is 1.91. The van der Waals surface area contributed by atoms with Crippen molar-refractivity contribution in [2.45, 2.75) is 27.3 Å². The van der Waals surface area contributed by atoms with Crippen LogP contribution in [0.25, 0.3) is 0 Å². The first kappa shape index (κ1) is 12.6. The molecule has 0 aliphatic rings. The molecule has 0 bridgehead atoms. The van der Waals surface area contributed by atoms with Crippen LogP contribution in [0.15, 0.2) is 21.5 Å². The van der Waals surface area contributed by atoms with E-state index in [9.17, 15) is 0 Å². The average Bonchev–Trinajstić information content (AvgIpc) is 2.60. The first-order valence-electron chi connectivity index (χ1n) is 5.55. The summed E-state index contributed by atoms with van der Waals surface area (Å²) in [5, 5.41) is 0. The number of hydrogen-bond donors (Lipinski definition) is 1. The molecule has 4 nitrogen and oxygen atoms in total. The highest BCUT2D eigenvalue weighted by Gasteiger charge is 2.06. The van der Waals surface area contributed by atoms with E-state index in [0.29, 0.717) is 18.4 Å². The van der Waals surface area contributed by atoms with Crippen molar-refractivity contribution in [1.82, 2.24) is 4.90 Å². The molecule has 0 aliphatic heterocycles. The van der Waals surface area contributed by atoms with Gasteiger partial charge in [-0.1, -0.05) is 13.8 Å². The molecule has 0 spiro atoms. The van der Waals surface area contributed by atoms with Crippen LogP contribution in [-0.2, 0) is 6.54 Å². The molecule has 0 radical (unpaired) electrons. The Bertz CT molecular complexity index is 355. The van der Waals surface area contributed by atoms with Crippen LogP contribution in [0.2, 0.25) is 0 Å². The van der Waals surface area contributed by atoms with Gasteiger partial charge in [0.05, 0.1) is 6.54 Å². The van der Waals surface area contributed by atoms with Gasteiger partial charge < -0.3 is 15.1 Å². The average molecular weight is 223 g/mol. The van der Waals surface area contributed by atoms with Crippen molar-refractivity contribution in [3.05, 3.63) is 23.7 Å². The molecular weight excluding hydrogens is 202 g/mol. The molecule has 0 aliphatic carbocycles. The summed E-state index contributed by atoms with van der Waals surface area (Å²) in [5.74, 6) is 2.91. The van der Waals surface area contributed by atoms with Gasteiger partial charge in [-0.2, -0.15) is 0 Å². The smallest absolute Gasteiger partial charge is 0.191 e. The maximum atomic E-state index is 5.85. The minimum atomic E-state index is 0.526. The van der Waals surface area contributed by atoms with E-state index < -0.39 is 0 Å². The summed E-state index contributed by atoms with van der Waals surface area (Å²) in [5.41, 5.74) is 5.85. The van der Waals surface area contributed by atoms with Crippen LogP contribution in [0.5, 0.6) is 0 Å². The quantitative estimate of drug-likeness (QED) is 0.627. The lowest BCUT2D eigenvalue weighted by Crippen LogP contribution is -2.33. The molecule has 0 aromatic carbocycles. The Labute approximate surface area is 97.1 Å². The number of nitrogens with zero attached hydrogens (tertiary/aromatic N) is 2. The van der Waals surface area contributed by atoms with Crippen LogP contribution in [0.4, 0.5) is 0 Å². The highest BCUT2D eigenvalue weighted by Crippen LogP contribution is 2.08. The Morgan fingerprint density at radius 1 is 1.50 bits per heavy atom. The predicted molar refractivity (Wildman–Crippen MR) is 66.2 cm³/mol. The lowest BCUT2D eigenvalue weighted by atomic mass is 10.2. The Hall–Kier alpha value is -1.45. The van der Waals surface area contributed by atoms with E-state index >= 15 is 0 Å². The largest absolute Gasteiger partial charge is 0.464 e. The number of hydrogen-bond acceptors (Lipinski definition) is 2. The first-order valence-corrected chi connectivity index (χ1v) is 5.55. The van der Waals surface area contributed by atoms with E-state index in [0.717, 1.165) is 18.1 Å². The number of aryl methyl sites for hydroxylation is 1. The molecule has 0 saturated carbocycles. The fraction of sp³-hybridized carbons (Fsp3) is 0.583. The molecule has 4 heteroatoms. The van der Waals surface area contributed by atoms with E-state index in [1.54, 1.807) is 0 Å². The summed E-state index contributed by atoms with van der Waals surface area (Å²) in [6, 6.07) is 3.91. The second-order valence-electron chi connectivity index (χ2n) is 4.46. The van der Waals surface area contributed by atoms with Crippen LogP contribution in [0.3, 0.4) is 0 Å². The molecule has 1 rings (SSSR count). The minimum absolute atomic E-state index is 0.526. The van der Waals surface area contributed by atoms with Gasteiger partial charge in [0, 0.05) is 13.6 Å². The Morgan fingerprint density at radius 3 is 2.69 bits per heavy atom. The number of rotatable bonds is 4. The van der Waals surface area contributed by atoms with E-state index in [-0.39, 0.29) is 0 Å². The van der Waals surface area contributed by atoms with Crippen molar-refractivity contribution in [3.8, 4) is 0 Å². The lowest BCUT2D eigenvalue weighted by molar-refractivity contribution is 0.396. The monoisotopic (exact) mass is 223 g/mol. The fourth-order valence-corrected chi connectivity index (χ4v) is 1.28. The number of furan rings is 1. The second kappa shape index (κ2) is 5.58. The van der Waals surface area contributed by atoms with Crippen molar-refractivity contribution in [1.29, 1.82) is 0 Å². The van der Waals surface area contributed by atoms with Crippen molar-refractivity contribution in [2.75, 3.05) is 13.6 Å². The van der Waals surface area contributed by atoms with Gasteiger partial charge >= 0.3 is 0 Å². The molecule has 1 aromatic heterocycles. The van der Waals surface area contributed by atoms with Gasteiger partial charge in [-0.25, -0.2) is 0 Å². The molecule has 0 atom stereocenters. The van der Waals surface area contributed by atoms with Crippen molar-refractivity contribution in [3.63, 3.8) is 0 Å². The summed E-state index contributed by atoms with van der Waals surface area (Å²) in [6.07, 6.45) is 0. The summed E-state index contributed by atoms with van der Waals surface area (Å²) < 4.78 is 5.48. The molecular formula is C12H21N3O. The third-order valence-electron chi connectivity index (χ3n) is 2.20. The zero-order valence-electron chi connectivity index (χ0n) is 10.5. The van der Waals surface area contributed by atoms with E-state index in [1.165, 1.54) is 0 Å². The minimum Gasteiger partial charge on any atom is -0.464 e. The Kier molecular flexibility index (Phi) is 4.40. The molecule has 0 unspecified atom stereocenters. The van der Waals surface area contributed by atoms with Crippen LogP contribution in [0.1, 0.15) is 25.4 Å². The van der Waals surface area contributed by atoms with Crippen LogP contribution in [0, 0.1) is 12.8 Å². The van der Waals surface area contributed by atoms with Crippen LogP contribution in [-0.4, -0.2) is 24.5 Å². The molecule has 16 heavy (non-hydrogen) atoms. The van der Waals surface area contributed by atoms with E-state index in [1.807, 2.05) is 31.0 Å². The van der Waals surface area contributed by atoms with E-state index in [4.69, 9.17) is 10.2 Å².